The number of nitrogens with one attached hydrogen (secondary N) is 1. The SMILES string of the molecule is CCC(C)(OC)c1nccc(CNCC(C)C)n1. The molecule has 1 atom stereocenters. The Labute approximate surface area is 110 Å². The zero-order valence-corrected chi connectivity index (χ0v) is 12.2. The molecule has 0 aliphatic carbocycles. The normalized spacial score (nSPS) is 14.8. The number of ether oxygens (including phenoxy) is 1. The topological polar surface area (TPSA) is 47.0 Å². The first-order chi connectivity index (χ1) is 8.51. The Balaban J connectivity index is 2.73. The predicted molar refractivity (Wildman–Crippen MR) is 73.2 cm³/mol. The Kier molecular flexibility index (Phi) is 5.69. The Hall–Kier alpha value is -1.00. The van der Waals surface area contributed by atoms with Gasteiger partial charge in [0.25, 0.3) is 0 Å². The monoisotopic (exact) mass is 251 g/mol. The van der Waals surface area contributed by atoms with Crippen LogP contribution in [0.3, 0.4) is 0 Å². The molecule has 0 aliphatic rings. The van der Waals surface area contributed by atoms with Gasteiger partial charge in [-0.3, -0.25) is 0 Å². The third-order valence-corrected chi connectivity index (χ3v) is 3.17. The molecule has 1 rings (SSSR count). The van der Waals surface area contributed by atoms with Gasteiger partial charge in [0.15, 0.2) is 5.82 Å². The molecule has 1 heterocycles. The van der Waals surface area contributed by atoms with E-state index in [4.69, 9.17) is 4.74 Å². The molecule has 0 bridgehead atoms. The molecule has 0 aliphatic heterocycles. The van der Waals surface area contributed by atoms with E-state index in [0.717, 1.165) is 31.0 Å². The van der Waals surface area contributed by atoms with Crippen molar-refractivity contribution in [2.24, 2.45) is 5.92 Å². The van der Waals surface area contributed by atoms with Gasteiger partial charge in [0, 0.05) is 19.9 Å². The molecule has 0 amide bonds. The van der Waals surface area contributed by atoms with Gasteiger partial charge in [-0.2, -0.15) is 0 Å². The summed E-state index contributed by atoms with van der Waals surface area (Å²) in [4.78, 5) is 8.92. The van der Waals surface area contributed by atoms with Gasteiger partial charge in [0.05, 0.1) is 5.69 Å². The molecule has 1 unspecified atom stereocenters. The van der Waals surface area contributed by atoms with E-state index in [1.165, 1.54) is 0 Å². The third-order valence-electron chi connectivity index (χ3n) is 3.17. The zero-order valence-electron chi connectivity index (χ0n) is 12.2. The van der Waals surface area contributed by atoms with Gasteiger partial charge in [0.2, 0.25) is 0 Å². The van der Waals surface area contributed by atoms with Crippen molar-refractivity contribution < 1.29 is 4.74 Å². The highest BCUT2D eigenvalue weighted by atomic mass is 16.5. The molecule has 0 radical (unpaired) electrons. The number of hydrogen-bond donors (Lipinski definition) is 1. The molecule has 18 heavy (non-hydrogen) atoms. The van der Waals surface area contributed by atoms with E-state index >= 15 is 0 Å². The fourth-order valence-corrected chi connectivity index (χ4v) is 1.63. The van der Waals surface area contributed by atoms with Crippen LogP contribution in [0.1, 0.15) is 45.6 Å². The molecule has 4 nitrogen and oxygen atoms in total. The van der Waals surface area contributed by atoms with Gasteiger partial charge in [0.1, 0.15) is 5.60 Å². The summed E-state index contributed by atoms with van der Waals surface area (Å²) in [6, 6.07) is 1.95. The summed E-state index contributed by atoms with van der Waals surface area (Å²) in [6.45, 7) is 10.3. The lowest BCUT2D eigenvalue weighted by Crippen LogP contribution is -2.27. The Morgan fingerprint density at radius 2 is 2.17 bits per heavy atom. The summed E-state index contributed by atoms with van der Waals surface area (Å²) in [7, 11) is 1.70. The van der Waals surface area contributed by atoms with E-state index < -0.39 is 5.60 Å². The van der Waals surface area contributed by atoms with Crippen LogP contribution in [0.2, 0.25) is 0 Å². The van der Waals surface area contributed by atoms with Crippen LogP contribution in [0.4, 0.5) is 0 Å². The molecular weight excluding hydrogens is 226 g/mol. The zero-order chi connectivity index (χ0) is 13.6. The first kappa shape index (κ1) is 15.1. The Morgan fingerprint density at radius 3 is 2.72 bits per heavy atom. The molecule has 0 saturated carbocycles. The highest BCUT2D eigenvalue weighted by Gasteiger charge is 2.27. The number of rotatable bonds is 7. The highest BCUT2D eigenvalue weighted by molar-refractivity contribution is 5.07. The molecule has 1 aromatic heterocycles. The minimum atomic E-state index is -0.395. The molecule has 4 heteroatoms. The molecule has 1 N–H and O–H groups in total. The number of methoxy groups -OCH3 is 1. The Morgan fingerprint density at radius 1 is 1.44 bits per heavy atom. The molecule has 0 spiro atoms. The molecule has 0 saturated heterocycles. The molecule has 102 valence electrons. The predicted octanol–water partition coefficient (Wildman–Crippen LogP) is 2.49. The molecule has 1 aromatic rings. The fourth-order valence-electron chi connectivity index (χ4n) is 1.63. The van der Waals surface area contributed by atoms with Crippen LogP contribution >= 0.6 is 0 Å². The lowest BCUT2D eigenvalue weighted by Gasteiger charge is -2.25. The molecular formula is C14H25N3O. The van der Waals surface area contributed by atoms with E-state index in [2.05, 4.69) is 36.1 Å². The van der Waals surface area contributed by atoms with E-state index in [1.807, 2.05) is 19.2 Å². The van der Waals surface area contributed by atoms with Crippen LogP contribution in [-0.2, 0) is 16.9 Å². The summed E-state index contributed by atoms with van der Waals surface area (Å²) in [5.74, 6) is 1.41. The van der Waals surface area contributed by atoms with E-state index in [0.29, 0.717) is 5.92 Å². The quantitative estimate of drug-likeness (QED) is 0.809. The summed E-state index contributed by atoms with van der Waals surface area (Å²) >= 11 is 0. The van der Waals surface area contributed by atoms with E-state index in [-0.39, 0.29) is 0 Å². The number of aromatic nitrogens is 2. The highest BCUT2D eigenvalue weighted by Crippen LogP contribution is 2.24. The number of hydrogen-bond acceptors (Lipinski definition) is 4. The van der Waals surface area contributed by atoms with Crippen LogP contribution in [0.25, 0.3) is 0 Å². The van der Waals surface area contributed by atoms with Crippen LogP contribution in [0.5, 0.6) is 0 Å². The molecule has 0 fully saturated rings. The van der Waals surface area contributed by atoms with Crippen molar-refractivity contribution in [2.75, 3.05) is 13.7 Å². The van der Waals surface area contributed by atoms with Gasteiger partial charge in [-0.25, -0.2) is 9.97 Å². The average molecular weight is 251 g/mol. The van der Waals surface area contributed by atoms with Gasteiger partial charge < -0.3 is 10.1 Å². The second kappa shape index (κ2) is 6.81. The summed E-state index contributed by atoms with van der Waals surface area (Å²) in [6.07, 6.45) is 2.66. The minimum Gasteiger partial charge on any atom is -0.371 e. The van der Waals surface area contributed by atoms with Crippen molar-refractivity contribution in [1.82, 2.24) is 15.3 Å². The second-order valence-electron chi connectivity index (χ2n) is 5.18. The lowest BCUT2D eigenvalue weighted by molar-refractivity contribution is -0.00917. The second-order valence-corrected chi connectivity index (χ2v) is 5.18. The maximum Gasteiger partial charge on any atom is 0.160 e. The van der Waals surface area contributed by atoms with Gasteiger partial charge in [-0.05, 0) is 31.9 Å². The van der Waals surface area contributed by atoms with Gasteiger partial charge in [-0.1, -0.05) is 20.8 Å². The summed E-state index contributed by atoms with van der Waals surface area (Å²) < 4.78 is 5.53. The first-order valence-corrected chi connectivity index (χ1v) is 6.60. The maximum atomic E-state index is 5.53. The Bertz CT molecular complexity index is 362. The lowest BCUT2D eigenvalue weighted by atomic mass is 10.0. The standard InChI is InChI=1S/C14H25N3O/c1-6-14(4,18-5)13-16-8-7-12(17-13)10-15-9-11(2)3/h7-8,11,15H,6,9-10H2,1-5H3. The van der Waals surface area contributed by atoms with Crippen LogP contribution in [-0.4, -0.2) is 23.6 Å². The smallest absolute Gasteiger partial charge is 0.160 e. The fraction of sp³-hybridized carbons (Fsp3) is 0.714. The minimum absolute atomic E-state index is 0.395. The maximum absolute atomic E-state index is 5.53. The van der Waals surface area contributed by atoms with E-state index in [9.17, 15) is 0 Å². The first-order valence-electron chi connectivity index (χ1n) is 6.60. The summed E-state index contributed by atoms with van der Waals surface area (Å²) in [5, 5.41) is 3.38. The van der Waals surface area contributed by atoms with Crippen LogP contribution in [0, 0.1) is 5.92 Å². The van der Waals surface area contributed by atoms with E-state index in [1.54, 1.807) is 7.11 Å². The van der Waals surface area contributed by atoms with Crippen molar-refractivity contribution in [3.63, 3.8) is 0 Å². The van der Waals surface area contributed by atoms with Crippen molar-refractivity contribution in [3.05, 3.63) is 23.8 Å². The molecule has 0 aromatic carbocycles. The summed E-state index contributed by atoms with van der Waals surface area (Å²) in [5.41, 5.74) is 0.617. The average Bonchev–Trinajstić information content (AvgIpc) is 2.38. The van der Waals surface area contributed by atoms with Gasteiger partial charge >= 0.3 is 0 Å². The van der Waals surface area contributed by atoms with Crippen LogP contribution in [0.15, 0.2) is 12.3 Å². The third kappa shape index (κ3) is 4.03. The van der Waals surface area contributed by atoms with Gasteiger partial charge in [-0.15, -0.1) is 0 Å². The van der Waals surface area contributed by atoms with Crippen molar-refractivity contribution in [2.45, 2.75) is 46.3 Å². The van der Waals surface area contributed by atoms with Crippen molar-refractivity contribution in [3.8, 4) is 0 Å². The largest absolute Gasteiger partial charge is 0.371 e. The number of nitrogens with zero attached hydrogens (tertiary/aromatic N) is 2. The van der Waals surface area contributed by atoms with Crippen molar-refractivity contribution >= 4 is 0 Å². The van der Waals surface area contributed by atoms with Crippen LogP contribution < -0.4 is 5.32 Å². The van der Waals surface area contributed by atoms with Crippen molar-refractivity contribution in [1.29, 1.82) is 0 Å².